The molecule has 2 heteroatoms. The van der Waals surface area contributed by atoms with Gasteiger partial charge in [0, 0.05) is 11.6 Å². The van der Waals surface area contributed by atoms with Crippen molar-refractivity contribution in [2.75, 3.05) is 0 Å². The van der Waals surface area contributed by atoms with Gasteiger partial charge in [0.05, 0.1) is 0 Å². The molecule has 0 aliphatic carbocycles. The van der Waals surface area contributed by atoms with E-state index in [1.807, 2.05) is 24.3 Å². The van der Waals surface area contributed by atoms with E-state index >= 15 is 0 Å². The number of aromatic hydroxyl groups is 1. The van der Waals surface area contributed by atoms with Crippen LogP contribution in [0.4, 0.5) is 4.39 Å². The van der Waals surface area contributed by atoms with E-state index in [1.165, 1.54) is 11.6 Å². The summed E-state index contributed by atoms with van der Waals surface area (Å²) in [5, 5.41) is 9.67. The number of aryl methyl sites for hydroxylation is 1. The lowest BCUT2D eigenvalue weighted by atomic mass is 10.0. The van der Waals surface area contributed by atoms with Crippen molar-refractivity contribution in [3.63, 3.8) is 0 Å². The van der Waals surface area contributed by atoms with Crippen LogP contribution in [-0.2, 0) is 6.42 Å². The first kappa shape index (κ1) is 10.7. The monoisotopic (exact) mass is 216 g/mol. The Morgan fingerprint density at radius 1 is 1.12 bits per heavy atom. The maximum atomic E-state index is 12.8. The van der Waals surface area contributed by atoms with Crippen LogP contribution in [0.15, 0.2) is 42.5 Å². The summed E-state index contributed by atoms with van der Waals surface area (Å²) in [5.74, 6) is -0.443. The number of hydrogen-bond acceptors (Lipinski definition) is 1. The molecule has 0 heterocycles. The molecule has 0 fully saturated rings. The predicted octanol–water partition coefficient (Wildman–Crippen LogP) is 3.76. The van der Waals surface area contributed by atoms with Crippen LogP contribution in [0, 0.1) is 5.82 Å². The maximum absolute atomic E-state index is 12.8. The molecule has 2 aromatic rings. The van der Waals surface area contributed by atoms with Crippen LogP contribution in [0.2, 0.25) is 0 Å². The normalized spacial score (nSPS) is 10.4. The smallest absolute Gasteiger partial charge is 0.126 e. The quantitative estimate of drug-likeness (QED) is 0.810. The van der Waals surface area contributed by atoms with E-state index < -0.39 is 5.82 Å². The van der Waals surface area contributed by atoms with E-state index in [0.29, 0.717) is 5.56 Å². The first-order valence-corrected chi connectivity index (χ1v) is 5.28. The number of phenols is 1. The molecule has 0 amide bonds. The molecule has 1 N–H and O–H groups in total. The fraction of sp³-hybridized carbons (Fsp3) is 0.143. The van der Waals surface area contributed by atoms with Crippen molar-refractivity contribution in [1.29, 1.82) is 0 Å². The topological polar surface area (TPSA) is 20.2 Å². The van der Waals surface area contributed by atoms with E-state index in [1.54, 1.807) is 6.07 Å². The second-order valence-electron chi connectivity index (χ2n) is 3.72. The summed E-state index contributed by atoms with van der Waals surface area (Å²) in [6, 6.07) is 12.0. The average molecular weight is 216 g/mol. The second-order valence-corrected chi connectivity index (χ2v) is 3.72. The highest BCUT2D eigenvalue weighted by atomic mass is 19.1. The molecule has 0 aromatic heterocycles. The van der Waals surface area contributed by atoms with Crippen LogP contribution in [0.3, 0.4) is 0 Å². The Morgan fingerprint density at radius 3 is 2.62 bits per heavy atom. The summed E-state index contributed by atoms with van der Waals surface area (Å²) >= 11 is 0. The van der Waals surface area contributed by atoms with Crippen molar-refractivity contribution in [2.45, 2.75) is 13.3 Å². The van der Waals surface area contributed by atoms with Crippen molar-refractivity contribution in [1.82, 2.24) is 0 Å². The fourth-order valence-corrected chi connectivity index (χ4v) is 1.71. The minimum atomic E-state index is -0.423. The zero-order valence-corrected chi connectivity index (χ0v) is 9.07. The lowest BCUT2D eigenvalue weighted by molar-refractivity contribution is 0.471. The van der Waals surface area contributed by atoms with E-state index in [-0.39, 0.29) is 5.75 Å². The van der Waals surface area contributed by atoms with Crippen LogP contribution < -0.4 is 0 Å². The molecular weight excluding hydrogens is 203 g/mol. The number of phenolic OH excluding ortho intramolecular Hbond substituents is 1. The molecule has 0 saturated heterocycles. The lowest BCUT2D eigenvalue weighted by Gasteiger charge is -2.06. The van der Waals surface area contributed by atoms with Gasteiger partial charge in [-0.2, -0.15) is 0 Å². The molecule has 0 saturated carbocycles. The summed E-state index contributed by atoms with van der Waals surface area (Å²) in [6.45, 7) is 2.07. The predicted molar refractivity (Wildman–Crippen MR) is 62.9 cm³/mol. The molecule has 1 nitrogen and oxygen atoms in total. The molecule has 0 unspecified atom stereocenters. The van der Waals surface area contributed by atoms with Gasteiger partial charge < -0.3 is 5.11 Å². The zero-order chi connectivity index (χ0) is 11.5. The van der Waals surface area contributed by atoms with Gasteiger partial charge in [0.1, 0.15) is 11.6 Å². The SMILES string of the molecule is CCc1cccc(-c2ccc(F)cc2O)c1. The van der Waals surface area contributed by atoms with Gasteiger partial charge in [-0.25, -0.2) is 4.39 Å². The minimum Gasteiger partial charge on any atom is -0.507 e. The Labute approximate surface area is 94.2 Å². The molecule has 0 atom stereocenters. The summed E-state index contributed by atoms with van der Waals surface area (Å²) in [7, 11) is 0. The summed E-state index contributed by atoms with van der Waals surface area (Å²) in [4.78, 5) is 0. The Bertz CT molecular complexity index is 506. The van der Waals surface area contributed by atoms with Gasteiger partial charge in [0.25, 0.3) is 0 Å². The Morgan fingerprint density at radius 2 is 1.94 bits per heavy atom. The Balaban J connectivity index is 2.49. The van der Waals surface area contributed by atoms with Gasteiger partial charge in [0.15, 0.2) is 0 Å². The van der Waals surface area contributed by atoms with Crippen molar-refractivity contribution in [3.05, 3.63) is 53.8 Å². The molecule has 0 spiro atoms. The van der Waals surface area contributed by atoms with Crippen molar-refractivity contribution in [3.8, 4) is 16.9 Å². The number of hydrogen-bond donors (Lipinski definition) is 1. The summed E-state index contributed by atoms with van der Waals surface area (Å²) in [6.07, 6.45) is 0.940. The van der Waals surface area contributed by atoms with Crippen LogP contribution >= 0.6 is 0 Å². The molecule has 2 rings (SSSR count). The second kappa shape index (κ2) is 4.35. The summed E-state index contributed by atoms with van der Waals surface area (Å²) < 4.78 is 12.8. The number of benzene rings is 2. The zero-order valence-electron chi connectivity index (χ0n) is 9.07. The van der Waals surface area contributed by atoms with Gasteiger partial charge in [-0.1, -0.05) is 31.2 Å². The third-order valence-corrected chi connectivity index (χ3v) is 2.61. The highest BCUT2D eigenvalue weighted by molar-refractivity contribution is 5.70. The summed E-state index contributed by atoms with van der Waals surface area (Å²) in [5.41, 5.74) is 2.77. The minimum absolute atomic E-state index is 0.0201. The number of rotatable bonds is 2. The Hall–Kier alpha value is -1.83. The maximum Gasteiger partial charge on any atom is 0.126 e. The molecular formula is C14H13FO. The molecule has 0 bridgehead atoms. The average Bonchev–Trinajstić information content (AvgIpc) is 2.29. The highest BCUT2D eigenvalue weighted by Crippen LogP contribution is 2.30. The van der Waals surface area contributed by atoms with Crippen LogP contribution in [-0.4, -0.2) is 5.11 Å². The first-order valence-electron chi connectivity index (χ1n) is 5.28. The molecule has 0 aliphatic heterocycles. The molecule has 82 valence electrons. The standard InChI is InChI=1S/C14H13FO/c1-2-10-4-3-5-11(8-10)13-7-6-12(15)9-14(13)16/h3-9,16H,2H2,1H3. The van der Waals surface area contributed by atoms with Crippen LogP contribution in [0.1, 0.15) is 12.5 Å². The molecule has 16 heavy (non-hydrogen) atoms. The van der Waals surface area contributed by atoms with Gasteiger partial charge in [0.2, 0.25) is 0 Å². The molecule has 0 radical (unpaired) electrons. The third kappa shape index (κ3) is 2.06. The van der Waals surface area contributed by atoms with E-state index in [9.17, 15) is 9.50 Å². The van der Waals surface area contributed by atoms with E-state index in [0.717, 1.165) is 18.1 Å². The highest BCUT2D eigenvalue weighted by Gasteiger charge is 2.05. The fourth-order valence-electron chi connectivity index (χ4n) is 1.71. The van der Waals surface area contributed by atoms with Crippen molar-refractivity contribution in [2.24, 2.45) is 0 Å². The van der Waals surface area contributed by atoms with Crippen molar-refractivity contribution >= 4 is 0 Å². The van der Waals surface area contributed by atoms with Gasteiger partial charge >= 0.3 is 0 Å². The van der Waals surface area contributed by atoms with Crippen molar-refractivity contribution < 1.29 is 9.50 Å². The first-order chi connectivity index (χ1) is 7.70. The Kier molecular flexibility index (Phi) is 2.91. The third-order valence-electron chi connectivity index (χ3n) is 2.61. The van der Waals surface area contributed by atoms with Gasteiger partial charge in [-0.05, 0) is 29.7 Å². The number of halogens is 1. The van der Waals surface area contributed by atoms with E-state index in [2.05, 4.69) is 6.92 Å². The van der Waals surface area contributed by atoms with Gasteiger partial charge in [-0.3, -0.25) is 0 Å². The van der Waals surface area contributed by atoms with Crippen LogP contribution in [0.25, 0.3) is 11.1 Å². The largest absolute Gasteiger partial charge is 0.507 e. The van der Waals surface area contributed by atoms with Gasteiger partial charge in [-0.15, -0.1) is 0 Å². The molecule has 0 aliphatic rings. The molecule has 2 aromatic carbocycles. The lowest BCUT2D eigenvalue weighted by Crippen LogP contribution is -1.84. The van der Waals surface area contributed by atoms with E-state index in [4.69, 9.17) is 0 Å². The van der Waals surface area contributed by atoms with Crippen LogP contribution in [0.5, 0.6) is 5.75 Å².